The lowest BCUT2D eigenvalue weighted by molar-refractivity contribution is -0.141. The number of carbonyl (C=O) groups excluding carboxylic acids is 1. The number of aryl methyl sites for hydroxylation is 2. The third-order valence-electron chi connectivity index (χ3n) is 5.54. The highest BCUT2D eigenvalue weighted by Crippen LogP contribution is 2.40. The summed E-state index contributed by atoms with van der Waals surface area (Å²) in [4.78, 5) is 26.7. The molecule has 0 spiro atoms. The van der Waals surface area contributed by atoms with Crippen LogP contribution in [0.15, 0.2) is 54.6 Å². The molecule has 1 saturated heterocycles. The summed E-state index contributed by atoms with van der Waals surface area (Å²) < 4.78 is 1.81. The molecule has 30 heavy (non-hydrogen) atoms. The molecular weight excluding hydrogens is 402 g/mol. The highest BCUT2D eigenvalue weighted by atomic mass is 35.5. The van der Waals surface area contributed by atoms with Gasteiger partial charge in [-0.05, 0) is 68.7 Å². The summed E-state index contributed by atoms with van der Waals surface area (Å²) in [5.74, 6) is -1.32. The zero-order chi connectivity index (χ0) is 21.4. The fraction of sp³-hybridized carbons (Fsp3) is 0.261. The van der Waals surface area contributed by atoms with Gasteiger partial charge in [0.05, 0.1) is 17.4 Å². The fourth-order valence-corrected chi connectivity index (χ4v) is 4.43. The normalized spacial score (nSPS) is 18.6. The van der Waals surface area contributed by atoms with Crippen molar-refractivity contribution in [2.75, 3.05) is 0 Å². The number of aromatic nitrogens is 2. The molecule has 0 radical (unpaired) electrons. The standard InChI is InChI=1S/C23H22ClN3O3/c1-14-13-15(2)27(25-14)17-9-7-16(8-10-17)22(28)26-20(11-12-21(26)23(29)30)18-5-3-4-6-19(18)24/h3-10,13,20-21H,11-12H2,1-2H3,(H,29,30)/t20-,21+/m1/s1. The molecule has 0 aliphatic carbocycles. The van der Waals surface area contributed by atoms with Crippen molar-refractivity contribution < 1.29 is 14.7 Å². The highest BCUT2D eigenvalue weighted by Gasteiger charge is 2.42. The summed E-state index contributed by atoms with van der Waals surface area (Å²) in [7, 11) is 0. The lowest BCUT2D eigenvalue weighted by Crippen LogP contribution is -2.41. The summed E-state index contributed by atoms with van der Waals surface area (Å²) in [5.41, 5.74) is 3.96. The first kappa shape index (κ1) is 20.2. The Labute approximate surface area is 179 Å². The van der Waals surface area contributed by atoms with E-state index < -0.39 is 12.0 Å². The van der Waals surface area contributed by atoms with Gasteiger partial charge >= 0.3 is 5.97 Å². The molecule has 154 valence electrons. The fourth-order valence-electron chi connectivity index (χ4n) is 4.17. The van der Waals surface area contributed by atoms with Crippen LogP contribution in [-0.4, -0.2) is 37.7 Å². The Morgan fingerprint density at radius 2 is 1.77 bits per heavy atom. The second-order valence-electron chi connectivity index (χ2n) is 7.57. The van der Waals surface area contributed by atoms with Crippen molar-refractivity contribution in [3.63, 3.8) is 0 Å². The number of rotatable bonds is 4. The number of hydrogen-bond donors (Lipinski definition) is 1. The Bertz CT molecular complexity index is 1110. The minimum absolute atomic E-state index is 0.315. The zero-order valence-electron chi connectivity index (χ0n) is 16.7. The number of amides is 1. The summed E-state index contributed by atoms with van der Waals surface area (Å²) in [5, 5.41) is 14.7. The Morgan fingerprint density at radius 1 is 1.07 bits per heavy atom. The van der Waals surface area contributed by atoms with Crippen molar-refractivity contribution in [1.82, 2.24) is 14.7 Å². The summed E-state index contributed by atoms with van der Waals surface area (Å²) >= 11 is 6.36. The van der Waals surface area contributed by atoms with Crippen molar-refractivity contribution in [3.8, 4) is 5.69 Å². The van der Waals surface area contributed by atoms with E-state index in [0.29, 0.717) is 23.4 Å². The van der Waals surface area contributed by atoms with Gasteiger partial charge in [-0.15, -0.1) is 0 Å². The van der Waals surface area contributed by atoms with E-state index in [9.17, 15) is 14.7 Å². The van der Waals surface area contributed by atoms with E-state index in [0.717, 1.165) is 22.6 Å². The van der Waals surface area contributed by atoms with Crippen LogP contribution < -0.4 is 0 Å². The molecule has 1 amide bonds. The number of benzene rings is 2. The minimum atomic E-state index is -1.00. The number of halogens is 1. The summed E-state index contributed by atoms with van der Waals surface area (Å²) in [6, 6.07) is 15.1. The minimum Gasteiger partial charge on any atom is -0.480 e. The first-order valence-corrected chi connectivity index (χ1v) is 10.2. The Morgan fingerprint density at radius 3 is 2.37 bits per heavy atom. The molecule has 1 aromatic heterocycles. The molecule has 1 fully saturated rings. The molecular formula is C23H22ClN3O3. The number of carboxylic acid groups (broad SMARTS) is 1. The maximum absolute atomic E-state index is 13.4. The van der Waals surface area contributed by atoms with Crippen LogP contribution in [-0.2, 0) is 4.79 Å². The topological polar surface area (TPSA) is 75.4 Å². The number of likely N-dealkylation sites (tertiary alicyclic amines) is 1. The molecule has 0 saturated carbocycles. The maximum atomic E-state index is 13.4. The SMILES string of the molecule is Cc1cc(C)n(-c2ccc(C(=O)N3[C@@H](c4ccccc4Cl)CC[C@H]3C(=O)O)cc2)n1. The third kappa shape index (κ3) is 3.59. The van der Waals surface area contributed by atoms with E-state index in [2.05, 4.69) is 5.10 Å². The summed E-state index contributed by atoms with van der Waals surface area (Å²) in [6.07, 6.45) is 0.942. The van der Waals surface area contributed by atoms with Crippen LogP contribution in [0.2, 0.25) is 5.02 Å². The van der Waals surface area contributed by atoms with Crippen LogP contribution in [0.5, 0.6) is 0 Å². The highest BCUT2D eigenvalue weighted by molar-refractivity contribution is 6.31. The lowest BCUT2D eigenvalue weighted by Gasteiger charge is -2.29. The molecule has 0 bridgehead atoms. The van der Waals surface area contributed by atoms with Crippen LogP contribution in [0.3, 0.4) is 0 Å². The number of hydrogen-bond acceptors (Lipinski definition) is 3. The van der Waals surface area contributed by atoms with Crippen molar-refractivity contribution in [2.24, 2.45) is 0 Å². The molecule has 3 aromatic rings. The molecule has 7 heteroatoms. The van der Waals surface area contributed by atoms with Crippen LogP contribution in [0, 0.1) is 13.8 Å². The van der Waals surface area contributed by atoms with Crippen LogP contribution in [0.1, 0.15) is 46.2 Å². The molecule has 2 aromatic carbocycles. The van der Waals surface area contributed by atoms with Crippen molar-refractivity contribution in [2.45, 2.75) is 38.8 Å². The lowest BCUT2D eigenvalue weighted by atomic mass is 10.0. The molecule has 0 unspecified atom stereocenters. The predicted molar refractivity (Wildman–Crippen MR) is 114 cm³/mol. The Hall–Kier alpha value is -3.12. The maximum Gasteiger partial charge on any atom is 0.326 e. The molecule has 1 aliphatic heterocycles. The van der Waals surface area contributed by atoms with E-state index in [1.54, 1.807) is 18.2 Å². The van der Waals surface area contributed by atoms with Gasteiger partial charge in [-0.25, -0.2) is 9.48 Å². The smallest absolute Gasteiger partial charge is 0.326 e. The average Bonchev–Trinajstić information content (AvgIpc) is 3.31. The Kier molecular flexibility index (Phi) is 5.35. The first-order chi connectivity index (χ1) is 14.4. The summed E-state index contributed by atoms with van der Waals surface area (Å²) in [6.45, 7) is 3.89. The molecule has 1 aliphatic rings. The average molecular weight is 424 g/mol. The third-order valence-corrected chi connectivity index (χ3v) is 5.88. The van der Waals surface area contributed by atoms with E-state index >= 15 is 0 Å². The molecule has 4 rings (SSSR count). The van der Waals surface area contributed by atoms with Gasteiger partial charge in [-0.1, -0.05) is 29.8 Å². The van der Waals surface area contributed by atoms with Crippen LogP contribution in [0.4, 0.5) is 0 Å². The van der Waals surface area contributed by atoms with Gasteiger partial charge in [0.15, 0.2) is 0 Å². The number of carbonyl (C=O) groups is 2. The van der Waals surface area contributed by atoms with Gasteiger partial charge in [0.1, 0.15) is 6.04 Å². The zero-order valence-corrected chi connectivity index (χ0v) is 17.5. The monoisotopic (exact) mass is 423 g/mol. The molecule has 2 heterocycles. The van der Waals surface area contributed by atoms with Crippen molar-refractivity contribution in [1.29, 1.82) is 0 Å². The van der Waals surface area contributed by atoms with Crippen molar-refractivity contribution >= 4 is 23.5 Å². The number of aliphatic carboxylic acids is 1. The molecule has 6 nitrogen and oxygen atoms in total. The number of nitrogens with zero attached hydrogens (tertiary/aromatic N) is 3. The second-order valence-corrected chi connectivity index (χ2v) is 7.97. The van der Waals surface area contributed by atoms with E-state index in [4.69, 9.17) is 11.6 Å². The first-order valence-electron chi connectivity index (χ1n) is 9.80. The van der Waals surface area contributed by atoms with Gasteiger partial charge in [0.25, 0.3) is 5.91 Å². The van der Waals surface area contributed by atoms with Gasteiger partial charge in [0, 0.05) is 16.3 Å². The van der Waals surface area contributed by atoms with Crippen LogP contribution in [0.25, 0.3) is 5.69 Å². The van der Waals surface area contributed by atoms with Gasteiger partial charge in [-0.2, -0.15) is 5.10 Å². The van der Waals surface area contributed by atoms with E-state index in [1.165, 1.54) is 4.90 Å². The van der Waals surface area contributed by atoms with Crippen molar-refractivity contribution in [3.05, 3.63) is 82.1 Å². The van der Waals surface area contributed by atoms with E-state index in [-0.39, 0.29) is 11.9 Å². The van der Waals surface area contributed by atoms with Gasteiger partial charge < -0.3 is 10.0 Å². The van der Waals surface area contributed by atoms with Crippen LogP contribution >= 0.6 is 11.6 Å². The van der Waals surface area contributed by atoms with Gasteiger partial charge in [0.2, 0.25) is 0 Å². The second kappa shape index (κ2) is 7.95. The molecule has 2 atom stereocenters. The quantitative estimate of drug-likeness (QED) is 0.666. The predicted octanol–water partition coefficient (Wildman–Crippen LogP) is 4.57. The molecule has 1 N–H and O–H groups in total. The van der Waals surface area contributed by atoms with E-state index in [1.807, 2.05) is 54.9 Å². The Balaban J connectivity index is 1.67. The van der Waals surface area contributed by atoms with Gasteiger partial charge in [-0.3, -0.25) is 4.79 Å². The largest absolute Gasteiger partial charge is 0.480 e. The number of carboxylic acids is 1.